The number of hydrogen-bond acceptors (Lipinski definition) is 5. The van der Waals surface area contributed by atoms with E-state index < -0.39 is 0 Å². The van der Waals surface area contributed by atoms with Crippen LogP contribution in [-0.4, -0.2) is 41.7 Å². The van der Waals surface area contributed by atoms with Crippen molar-refractivity contribution in [1.29, 1.82) is 0 Å². The van der Waals surface area contributed by atoms with E-state index in [0.29, 0.717) is 23.0 Å². The first-order valence-electron chi connectivity index (χ1n) is 8.80. The lowest BCUT2D eigenvalue weighted by Gasteiger charge is -2.41. The Labute approximate surface area is 158 Å². The number of carbonyl (C=O) groups excluding carboxylic acids is 1. The van der Waals surface area contributed by atoms with E-state index in [9.17, 15) is 9.90 Å². The lowest BCUT2D eigenvalue weighted by molar-refractivity contribution is -0.116. The maximum Gasteiger partial charge on any atom is 0.200 e. The third kappa shape index (κ3) is 3.11. The highest BCUT2D eigenvalue weighted by molar-refractivity contribution is 7.80. The first kappa shape index (κ1) is 18.5. The minimum absolute atomic E-state index is 0.0612. The molecule has 0 spiro atoms. The van der Waals surface area contributed by atoms with E-state index in [1.165, 1.54) is 14.2 Å². The fourth-order valence-electron chi connectivity index (χ4n) is 3.64. The summed E-state index contributed by atoms with van der Waals surface area (Å²) < 4.78 is 10.5. The highest BCUT2D eigenvalue weighted by atomic mass is 32.1. The SMILES string of the molecule is CCCN1C(=S)NC(c2cc(OC)c(O)c(OC)c2)C2=C1CCCC2=O. The number of nitrogens with zero attached hydrogens (tertiary/aromatic N) is 1. The summed E-state index contributed by atoms with van der Waals surface area (Å²) in [5, 5.41) is 14.1. The van der Waals surface area contributed by atoms with Crippen LogP contribution in [0.1, 0.15) is 44.2 Å². The number of allylic oxidation sites excluding steroid dienone is 1. The molecule has 0 radical (unpaired) electrons. The predicted molar refractivity (Wildman–Crippen MR) is 103 cm³/mol. The number of thiocarbonyl (C=S) groups is 1. The average Bonchev–Trinajstić information content (AvgIpc) is 2.64. The van der Waals surface area contributed by atoms with Gasteiger partial charge in [-0.15, -0.1) is 0 Å². The molecular formula is C19H24N2O4S. The van der Waals surface area contributed by atoms with Crippen molar-refractivity contribution in [3.63, 3.8) is 0 Å². The molecule has 2 aliphatic rings. The number of aromatic hydroxyl groups is 1. The van der Waals surface area contributed by atoms with Crippen LogP contribution in [0.15, 0.2) is 23.4 Å². The topological polar surface area (TPSA) is 71.0 Å². The van der Waals surface area contributed by atoms with Crippen molar-refractivity contribution in [1.82, 2.24) is 10.2 Å². The first-order chi connectivity index (χ1) is 12.5. The number of phenols is 1. The molecule has 1 aromatic rings. The van der Waals surface area contributed by atoms with Gasteiger partial charge in [-0.25, -0.2) is 0 Å². The van der Waals surface area contributed by atoms with Crippen LogP contribution in [0.25, 0.3) is 0 Å². The van der Waals surface area contributed by atoms with E-state index in [-0.39, 0.29) is 17.6 Å². The fourth-order valence-corrected chi connectivity index (χ4v) is 3.96. The van der Waals surface area contributed by atoms with E-state index in [1.54, 1.807) is 12.1 Å². The molecule has 0 saturated carbocycles. The molecule has 1 atom stereocenters. The molecule has 0 fully saturated rings. The van der Waals surface area contributed by atoms with Gasteiger partial charge >= 0.3 is 0 Å². The van der Waals surface area contributed by atoms with Gasteiger partial charge in [0.25, 0.3) is 0 Å². The molecule has 1 aromatic carbocycles. The van der Waals surface area contributed by atoms with Gasteiger partial charge in [0.1, 0.15) is 0 Å². The highest BCUT2D eigenvalue weighted by Gasteiger charge is 2.37. The monoisotopic (exact) mass is 376 g/mol. The lowest BCUT2D eigenvalue weighted by atomic mass is 9.84. The maximum atomic E-state index is 12.8. The Morgan fingerprint density at radius 3 is 2.50 bits per heavy atom. The molecule has 140 valence electrons. The highest BCUT2D eigenvalue weighted by Crippen LogP contribution is 2.43. The zero-order valence-corrected chi connectivity index (χ0v) is 16.1. The van der Waals surface area contributed by atoms with Gasteiger partial charge in [-0.2, -0.15) is 0 Å². The predicted octanol–water partition coefficient (Wildman–Crippen LogP) is 3.06. The summed E-state index contributed by atoms with van der Waals surface area (Å²) in [6.45, 7) is 2.88. The Bertz CT molecular complexity index is 750. The molecule has 3 rings (SSSR count). The molecule has 2 N–H and O–H groups in total. The number of Topliss-reactive ketones (excluding diaryl/α,β-unsaturated/α-hetero) is 1. The summed E-state index contributed by atoms with van der Waals surface area (Å²) in [5.41, 5.74) is 2.55. The number of methoxy groups -OCH3 is 2. The van der Waals surface area contributed by atoms with Gasteiger partial charge in [-0.05, 0) is 49.2 Å². The van der Waals surface area contributed by atoms with E-state index in [2.05, 4.69) is 12.2 Å². The number of hydrogen-bond donors (Lipinski definition) is 2. The molecule has 0 saturated heterocycles. The third-order valence-corrected chi connectivity index (χ3v) is 5.18. The fraction of sp³-hybridized carbons (Fsp3) is 0.474. The molecule has 26 heavy (non-hydrogen) atoms. The van der Waals surface area contributed by atoms with Gasteiger partial charge < -0.3 is 24.8 Å². The molecule has 0 bridgehead atoms. The number of ketones is 1. The third-order valence-electron chi connectivity index (χ3n) is 4.84. The molecule has 1 heterocycles. The van der Waals surface area contributed by atoms with Gasteiger partial charge in [-0.1, -0.05) is 6.92 Å². The quantitative estimate of drug-likeness (QED) is 0.765. The normalized spacial score (nSPS) is 20.0. The Morgan fingerprint density at radius 1 is 1.27 bits per heavy atom. The Morgan fingerprint density at radius 2 is 1.92 bits per heavy atom. The molecule has 6 nitrogen and oxygen atoms in total. The average molecular weight is 376 g/mol. The number of phenolic OH excluding ortho intramolecular Hbond substituents is 1. The second-order valence-corrected chi connectivity index (χ2v) is 6.83. The van der Waals surface area contributed by atoms with Crippen molar-refractivity contribution in [2.24, 2.45) is 0 Å². The lowest BCUT2D eigenvalue weighted by Crippen LogP contribution is -2.49. The van der Waals surface area contributed by atoms with Crippen molar-refractivity contribution in [2.45, 2.75) is 38.6 Å². The summed E-state index contributed by atoms with van der Waals surface area (Å²) in [6, 6.07) is 3.07. The standard InChI is InChI=1S/C19H24N2O4S/c1-4-8-21-12-6-5-7-13(22)16(12)17(20-19(21)26)11-9-14(24-2)18(23)15(10-11)25-3/h9-10,17,23H,4-8H2,1-3H3,(H,20,26). The van der Waals surface area contributed by atoms with Gasteiger partial charge in [-0.3, -0.25) is 4.79 Å². The molecule has 7 heteroatoms. The van der Waals surface area contributed by atoms with Crippen LogP contribution in [0.5, 0.6) is 17.2 Å². The number of ether oxygens (including phenoxy) is 2. The van der Waals surface area contributed by atoms with Gasteiger partial charge in [0.15, 0.2) is 22.4 Å². The minimum atomic E-state index is -0.373. The van der Waals surface area contributed by atoms with Crippen LogP contribution in [0.2, 0.25) is 0 Å². The van der Waals surface area contributed by atoms with Crippen LogP contribution in [0.3, 0.4) is 0 Å². The van der Waals surface area contributed by atoms with Crippen molar-refractivity contribution in [3.8, 4) is 17.2 Å². The summed E-state index contributed by atoms with van der Waals surface area (Å²) >= 11 is 5.58. The number of carbonyl (C=O) groups is 1. The number of benzene rings is 1. The van der Waals surface area contributed by atoms with Crippen LogP contribution >= 0.6 is 12.2 Å². The summed E-state index contributed by atoms with van der Waals surface area (Å²) in [6.07, 6.45) is 3.16. The van der Waals surface area contributed by atoms with Crippen LogP contribution < -0.4 is 14.8 Å². The summed E-state index contributed by atoms with van der Waals surface area (Å²) in [5.74, 6) is 0.675. The summed E-state index contributed by atoms with van der Waals surface area (Å²) in [4.78, 5) is 14.8. The van der Waals surface area contributed by atoms with E-state index >= 15 is 0 Å². The molecular weight excluding hydrogens is 352 g/mol. The Balaban J connectivity index is 2.14. The van der Waals surface area contributed by atoms with Crippen LogP contribution in [-0.2, 0) is 4.79 Å². The van der Waals surface area contributed by atoms with Gasteiger partial charge in [0, 0.05) is 24.2 Å². The smallest absolute Gasteiger partial charge is 0.200 e. The van der Waals surface area contributed by atoms with E-state index in [1.807, 2.05) is 4.90 Å². The van der Waals surface area contributed by atoms with Gasteiger partial charge in [0.2, 0.25) is 5.75 Å². The zero-order valence-electron chi connectivity index (χ0n) is 15.3. The van der Waals surface area contributed by atoms with E-state index in [4.69, 9.17) is 21.7 Å². The largest absolute Gasteiger partial charge is 0.502 e. The second kappa shape index (κ2) is 7.53. The Hall–Kier alpha value is -2.28. The number of nitrogens with one attached hydrogen (secondary N) is 1. The molecule has 1 unspecified atom stereocenters. The number of rotatable bonds is 5. The Kier molecular flexibility index (Phi) is 5.36. The van der Waals surface area contributed by atoms with Crippen LogP contribution in [0.4, 0.5) is 0 Å². The summed E-state index contributed by atoms with van der Waals surface area (Å²) in [7, 11) is 2.97. The first-order valence-corrected chi connectivity index (χ1v) is 9.21. The van der Waals surface area contributed by atoms with Crippen molar-refractivity contribution >= 4 is 23.1 Å². The molecule has 0 amide bonds. The van der Waals surface area contributed by atoms with Crippen molar-refractivity contribution < 1.29 is 19.4 Å². The minimum Gasteiger partial charge on any atom is -0.502 e. The second-order valence-electron chi connectivity index (χ2n) is 6.45. The maximum absolute atomic E-state index is 12.8. The van der Waals surface area contributed by atoms with Crippen molar-refractivity contribution in [2.75, 3.05) is 20.8 Å². The molecule has 1 aliphatic heterocycles. The van der Waals surface area contributed by atoms with Crippen LogP contribution in [0, 0.1) is 0 Å². The van der Waals surface area contributed by atoms with Crippen molar-refractivity contribution in [3.05, 3.63) is 29.0 Å². The van der Waals surface area contributed by atoms with Gasteiger partial charge in [0.05, 0.1) is 20.3 Å². The zero-order chi connectivity index (χ0) is 18.8. The molecule has 1 aliphatic carbocycles. The molecule has 0 aromatic heterocycles. The van der Waals surface area contributed by atoms with E-state index in [0.717, 1.165) is 42.6 Å².